The van der Waals surface area contributed by atoms with Gasteiger partial charge < -0.3 is 13.3 Å². The van der Waals surface area contributed by atoms with Crippen LogP contribution in [0, 0.1) is 0 Å². The zero-order valence-corrected chi connectivity index (χ0v) is 26.2. The van der Waals surface area contributed by atoms with Gasteiger partial charge >= 0.3 is 0 Å². The first-order chi connectivity index (χ1) is 24.3. The topological polar surface area (TPSA) is 39.4 Å². The van der Waals surface area contributed by atoms with E-state index in [9.17, 15) is 0 Å². The Morgan fingerprint density at radius 2 is 0.898 bits per heavy atom. The Morgan fingerprint density at radius 1 is 0.327 bits per heavy atom. The lowest BCUT2D eigenvalue weighted by molar-refractivity contribution is 0.611. The number of hydrogen-bond donors (Lipinski definition) is 0. The molecule has 0 bridgehead atoms. The molecule has 0 aliphatic carbocycles. The maximum Gasteiger partial charge on any atom is 0.179 e. The fourth-order valence-corrected chi connectivity index (χ4v) is 7.94. The lowest BCUT2D eigenvalue weighted by Gasteiger charge is -2.18. The van der Waals surface area contributed by atoms with Crippen molar-refractivity contribution in [3.05, 3.63) is 158 Å². The van der Waals surface area contributed by atoms with Crippen molar-refractivity contribution >= 4 is 76.4 Å². The molecule has 3 heterocycles. The van der Waals surface area contributed by atoms with Crippen LogP contribution in [0.25, 0.3) is 110 Å². The van der Waals surface area contributed by atoms with Crippen LogP contribution in [0.5, 0.6) is 0 Å². The van der Waals surface area contributed by atoms with Crippen molar-refractivity contribution < 1.29 is 13.3 Å². The molecule has 0 aliphatic rings. The van der Waals surface area contributed by atoms with Crippen LogP contribution in [0.3, 0.4) is 0 Å². The van der Waals surface area contributed by atoms with E-state index in [1.54, 1.807) is 0 Å². The number of hydrogen-bond acceptors (Lipinski definition) is 3. The maximum absolute atomic E-state index is 6.66. The molecule has 0 amide bonds. The fraction of sp³-hybridized carbons (Fsp3) is 0. The SMILES string of the molecule is c1ccc(-c2cc3cc(-c4c5ccccc5c(-c5ccc6c(c5)oc5ccccc56)c5ccccc45)c4c5ccccc5oc4c3o2)cc1. The molecule has 11 rings (SSSR count). The summed E-state index contributed by atoms with van der Waals surface area (Å²) in [7, 11) is 0. The summed E-state index contributed by atoms with van der Waals surface area (Å²) in [6, 6.07) is 55.4. The lowest BCUT2D eigenvalue weighted by atomic mass is 9.84. The zero-order valence-electron chi connectivity index (χ0n) is 26.2. The molecule has 0 unspecified atom stereocenters. The van der Waals surface area contributed by atoms with Gasteiger partial charge in [0.2, 0.25) is 0 Å². The van der Waals surface area contributed by atoms with Gasteiger partial charge in [0, 0.05) is 32.5 Å². The van der Waals surface area contributed by atoms with E-state index in [1.165, 1.54) is 32.7 Å². The third kappa shape index (κ3) is 3.78. The van der Waals surface area contributed by atoms with Crippen LogP contribution in [0.15, 0.2) is 171 Å². The Bertz CT molecular complexity index is 3040. The standard InChI is InChI=1S/C46H26O3/c1-2-12-27(13-3-1)40-26-29-24-37(44-36-19-9-11-21-39(36)48-46(44)45(29)49-40)43-34-17-6-4-15-32(34)42(33-16-5-7-18-35(33)43)28-22-23-31-30-14-8-10-20-38(30)47-41(31)25-28/h1-26H. The Morgan fingerprint density at radius 3 is 1.61 bits per heavy atom. The lowest BCUT2D eigenvalue weighted by Crippen LogP contribution is -1.91. The Labute approximate surface area is 280 Å². The Hall–Kier alpha value is -6.58. The predicted molar refractivity (Wildman–Crippen MR) is 202 cm³/mol. The molecule has 3 nitrogen and oxygen atoms in total. The summed E-state index contributed by atoms with van der Waals surface area (Å²) in [5, 5.41) is 10.1. The van der Waals surface area contributed by atoms with Crippen molar-refractivity contribution in [2.75, 3.05) is 0 Å². The summed E-state index contributed by atoms with van der Waals surface area (Å²) in [5.41, 5.74) is 9.83. The third-order valence-corrected chi connectivity index (χ3v) is 10.1. The van der Waals surface area contributed by atoms with Gasteiger partial charge in [-0.05, 0) is 80.2 Å². The summed E-state index contributed by atoms with van der Waals surface area (Å²) in [4.78, 5) is 0. The predicted octanol–water partition coefficient (Wildman–Crippen LogP) is 13.5. The first-order valence-electron chi connectivity index (χ1n) is 16.6. The van der Waals surface area contributed by atoms with Crippen LogP contribution in [0.4, 0.5) is 0 Å². The molecule has 0 saturated carbocycles. The van der Waals surface area contributed by atoms with Crippen molar-refractivity contribution in [3.8, 4) is 33.6 Å². The first-order valence-corrected chi connectivity index (χ1v) is 16.6. The molecule has 49 heavy (non-hydrogen) atoms. The molecule has 3 heteroatoms. The second-order valence-corrected chi connectivity index (χ2v) is 12.8. The second-order valence-electron chi connectivity index (χ2n) is 12.8. The molecule has 11 aromatic rings. The van der Waals surface area contributed by atoms with Crippen molar-refractivity contribution in [2.24, 2.45) is 0 Å². The molecular weight excluding hydrogens is 601 g/mol. The van der Waals surface area contributed by atoms with Gasteiger partial charge in [-0.25, -0.2) is 0 Å². The van der Waals surface area contributed by atoms with E-state index in [-0.39, 0.29) is 0 Å². The number of fused-ring (bicyclic) bond motifs is 10. The van der Waals surface area contributed by atoms with Crippen molar-refractivity contribution in [1.82, 2.24) is 0 Å². The van der Waals surface area contributed by atoms with Gasteiger partial charge in [0.25, 0.3) is 0 Å². The zero-order chi connectivity index (χ0) is 32.1. The van der Waals surface area contributed by atoms with Gasteiger partial charge in [0.1, 0.15) is 22.5 Å². The molecule has 3 aromatic heterocycles. The summed E-state index contributed by atoms with van der Waals surface area (Å²) >= 11 is 0. The molecule has 0 atom stereocenters. The van der Waals surface area contributed by atoms with Crippen LogP contribution in [-0.2, 0) is 0 Å². The number of para-hydroxylation sites is 2. The third-order valence-electron chi connectivity index (χ3n) is 10.1. The highest BCUT2D eigenvalue weighted by Crippen LogP contribution is 2.49. The average Bonchev–Trinajstić information content (AvgIpc) is 3.87. The monoisotopic (exact) mass is 626 g/mol. The molecule has 0 fully saturated rings. The van der Waals surface area contributed by atoms with E-state index in [0.717, 1.165) is 77.3 Å². The van der Waals surface area contributed by atoms with Crippen LogP contribution >= 0.6 is 0 Å². The number of rotatable bonds is 3. The summed E-state index contributed by atoms with van der Waals surface area (Å²) in [5.74, 6) is 0.820. The van der Waals surface area contributed by atoms with Crippen LogP contribution < -0.4 is 0 Å². The summed E-state index contributed by atoms with van der Waals surface area (Å²) in [6.07, 6.45) is 0. The molecule has 0 radical (unpaired) electrons. The normalized spacial score (nSPS) is 12.1. The largest absolute Gasteiger partial charge is 0.456 e. The maximum atomic E-state index is 6.66. The Kier molecular flexibility index (Phi) is 5.38. The number of benzene rings is 8. The van der Waals surface area contributed by atoms with Crippen LogP contribution in [-0.4, -0.2) is 0 Å². The van der Waals surface area contributed by atoms with E-state index in [0.29, 0.717) is 0 Å². The molecule has 228 valence electrons. The van der Waals surface area contributed by atoms with Gasteiger partial charge in [-0.1, -0.05) is 121 Å². The highest BCUT2D eigenvalue weighted by molar-refractivity contribution is 6.28. The molecule has 0 N–H and O–H groups in total. The van der Waals surface area contributed by atoms with Crippen LogP contribution in [0.1, 0.15) is 0 Å². The average molecular weight is 627 g/mol. The minimum atomic E-state index is 0.762. The van der Waals surface area contributed by atoms with Crippen molar-refractivity contribution in [2.45, 2.75) is 0 Å². The minimum Gasteiger partial charge on any atom is -0.456 e. The highest BCUT2D eigenvalue weighted by atomic mass is 16.4. The summed E-state index contributed by atoms with van der Waals surface area (Å²) < 4.78 is 19.6. The van der Waals surface area contributed by atoms with Crippen molar-refractivity contribution in [1.29, 1.82) is 0 Å². The molecule has 8 aromatic carbocycles. The highest BCUT2D eigenvalue weighted by Gasteiger charge is 2.24. The van der Waals surface area contributed by atoms with Crippen molar-refractivity contribution in [3.63, 3.8) is 0 Å². The van der Waals surface area contributed by atoms with Crippen LogP contribution in [0.2, 0.25) is 0 Å². The van der Waals surface area contributed by atoms with E-state index in [2.05, 4.69) is 115 Å². The molecule has 0 saturated heterocycles. The van der Waals surface area contributed by atoms with Gasteiger partial charge in [-0.15, -0.1) is 0 Å². The van der Waals surface area contributed by atoms with E-state index in [1.807, 2.05) is 42.5 Å². The minimum absolute atomic E-state index is 0.762. The fourth-order valence-electron chi connectivity index (χ4n) is 7.94. The molecule has 0 aliphatic heterocycles. The van der Waals surface area contributed by atoms with Gasteiger partial charge in [0.05, 0.1) is 0 Å². The van der Waals surface area contributed by atoms with Gasteiger partial charge in [-0.3, -0.25) is 0 Å². The second kappa shape index (κ2) is 9.96. The quantitative estimate of drug-likeness (QED) is 0.183. The molecular formula is C46H26O3. The number of furan rings is 3. The van der Waals surface area contributed by atoms with E-state index in [4.69, 9.17) is 13.3 Å². The van der Waals surface area contributed by atoms with E-state index < -0.39 is 0 Å². The van der Waals surface area contributed by atoms with Gasteiger partial charge in [0.15, 0.2) is 11.2 Å². The first kappa shape index (κ1) is 26.5. The van der Waals surface area contributed by atoms with Gasteiger partial charge in [-0.2, -0.15) is 0 Å². The summed E-state index contributed by atoms with van der Waals surface area (Å²) in [6.45, 7) is 0. The molecule has 0 spiro atoms. The Balaban J connectivity index is 1.26. The smallest absolute Gasteiger partial charge is 0.179 e. The van der Waals surface area contributed by atoms with E-state index >= 15 is 0 Å².